The molecule has 4 heteroatoms. The van der Waals surface area contributed by atoms with Crippen LogP contribution in [-0.2, 0) is 16.0 Å². The highest BCUT2D eigenvalue weighted by molar-refractivity contribution is 5.76. The average molecular weight is 276 g/mol. The van der Waals surface area contributed by atoms with Crippen LogP contribution in [0.25, 0.3) is 0 Å². The fourth-order valence-electron chi connectivity index (χ4n) is 2.53. The topological polar surface area (TPSA) is 50.4 Å². The third-order valence-electron chi connectivity index (χ3n) is 3.62. The number of hydrogen-bond acceptors (Lipinski definition) is 3. The Hall–Kier alpha value is -1.39. The number of rotatable bonds is 5. The minimum Gasteiger partial charge on any atom is -0.378 e. The van der Waals surface area contributed by atoms with Crippen molar-refractivity contribution in [2.75, 3.05) is 19.8 Å². The molecule has 2 atom stereocenters. The molecule has 2 unspecified atom stereocenters. The van der Waals surface area contributed by atoms with Crippen LogP contribution in [0, 0.1) is 6.92 Å². The highest BCUT2D eigenvalue weighted by Crippen LogP contribution is 2.10. The lowest BCUT2D eigenvalue weighted by Gasteiger charge is -2.24. The van der Waals surface area contributed by atoms with Gasteiger partial charge >= 0.3 is 0 Å². The minimum atomic E-state index is 0.0917. The monoisotopic (exact) mass is 276 g/mol. The van der Waals surface area contributed by atoms with Gasteiger partial charge in [-0.3, -0.25) is 4.79 Å². The number of benzene rings is 1. The smallest absolute Gasteiger partial charge is 0.221 e. The van der Waals surface area contributed by atoms with Crippen molar-refractivity contribution in [3.63, 3.8) is 0 Å². The van der Waals surface area contributed by atoms with Crippen molar-refractivity contribution >= 4 is 5.91 Å². The Morgan fingerprint density at radius 3 is 3.00 bits per heavy atom. The van der Waals surface area contributed by atoms with Crippen LogP contribution in [-0.4, -0.2) is 37.7 Å². The Labute approximate surface area is 120 Å². The standard InChI is InChI=1S/C16H24N2O2/c1-12-5-3-4-6-14(12)9-13(2)18-16(19)10-15-11-20-8-7-17-15/h3-6,13,15,17H,7-11H2,1-2H3,(H,18,19). The Bertz CT molecular complexity index is 442. The van der Waals surface area contributed by atoms with Crippen LogP contribution >= 0.6 is 0 Å². The summed E-state index contributed by atoms with van der Waals surface area (Å²) in [5.74, 6) is 0.0917. The first-order valence-electron chi connectivity index (χ1n) is 7.30. The van der Waals surface area contributed by atoms with Gasteiger partial charge in [-0.2, -0.15) is 0 Å². The number of hydrogen-bond donors (Lipinski definition) is 2. The number of carbonyl (C=O) groups is 1. The van der Waals surface area contributed by atoms with Crippen molar-refractivity contribution in [2.24, 2.45) is 0 Å². The highest BCUT2D eigenvalue weighted by Gasteiger charge is 2.18. The fraction of sp³-hybridized carbons (Fsp3) is 0.562. The van der Waals surface area contributed by atoms with Crippen LogP contribution in [0.3, 0.4) is 0 Å². The first-order chi connectivity index (χ1) is 9.65. The molecule has 2 N–H and O–H groups in total. The van der Waals surface area contributed by atoms with E-state index in [-0.39, 0.29) is 18.0 Å². The molecule has 1 saturated heterocycles. The van der Waals surface area contributed by atoms with Crippen LogP contribution in [0.15, 0.2) is 24.3 Å². The zero-order valence-corrected chi connectivity index (χ0v) is 12.3. The van der Waals surface area contributed by atoms with Gasteiger partial charge in [0, 0.05) is 25.0 Å². The third kappa shape index (κ3) is 4.62. The highest BCUT2D eigenvalue weighted by atomic mass is 16.5. The molecule has 2 rings (SSSR count). The molecule has 0 saturated carbocycles. The summed E-state index contributed by atoms with van der Waals surface area (Å²) in [6.07, 6.45) is 1.35. The molecular weight excluding hydrogens is 252 g/mol. The van der Waals surface area contributed by atoms with Gasteiger partial charge in [-0.1, -0.05) is 24.3 Å². The van der Waals surface area contributed by atoms with E-state index in [0.717, 1.165) is 19.6 Å². The fourth-order valence-corrected chi connectivity index (χ4v) is 2.53. The molecule has 1 amide bonds. The number of aryl methyl sites for hydroxylation is 1. The molecule has 1 aliphatic heterocycles. The van der Waals surface area contributed by atoms with Gasteiger partial charge < -0.3 is 15.4 Å². The largest absolute Gasteiger partial charge is 0.378 e. The normalized spacial score (nSPS) is 20.4. The van der Waals surface area contributed by atoms with E-state index in [1.54, 1.807) is 0 Å². The van der Waals surface area contributed by atoms with Gasteiger partial charge in [0.05, 0.1) is 13.2 Å². The van der Waals surface area contributed by atoms with Crippen LogP contribution in [0.5, 0.6) is 0 Å². The van der Waals surface area contributed by atoms with Crippen molar-refractivity contribution in [3.8, 4) is 0 Å². The van der Waals surface area contributed by atoms with Crippen LogP contribution in [0.2, 0.25) is 0 Å². The second-order valence-corrected chi connectivity index (χ2v) is 5.53. The summed E-state index contributed by atoms with van der Waals surface area (Å²) < 4.78 is 5.36. The zero-order chi connectivity index (χ0) is 14.4. The molecule has 0 aliphatic carbocycles. The van der Waals surface area contributed by atoms with Gasteiger partial charge in [0.25, 0.3) is 0 Å². The predicted octanol–water partition coefficient (Wildman–Crippen LogP) is 1.42. The van der Waals surface area contributed by atoms with E-state index < -0.39 is 0 Å². The molecule has 20 heavy (non-hydrogen) atoms. The third-order valence-corrected chi connectivity index (χ3v) is 3.62. The number of carbonyl (C=O) groups excluding carboxylic acids is 1. The van der Waals surface area contributed by atoms with E-state index in [1.165, 1.54) is 11.1 Å². The van der Waals surface area contributed by atoms with Crippen molar-refractivity contribution in [3.05, 3.63) is 35.4 Å². The summed E-state index contributed by atoms with van der Waals surface area (Å²) in [4.78, 5) is 12.0. The van der Waals surface area contributed by atoms with E-state index >= 15 is 0 Å². The second-order valence-electron chi connectivity index (χ2n) is 5.53. The van der Waals surface area contributed by atoms with Gasteiger partial charge in [-0.15, -0.1) is 0 Å². The van der Waals surface area contributed by atoms with Crippen LogP contribution in [0.1, 0.15) is 24.5 Å². The van der Waals surface area contributed by atoms with Crippen molar-refractivity contribution in [1.82, 2.24) is 10.6 Å². The maximum Gasteiger partial charge on any atom is 0.221 e. The summed E-state index contributed by atoms with van der Waals surface area (Å²) in [5.41, 5.74) is 2.57. The molecule has 1 aromatic rings. The van der Waals surface area contributed by atoms with Gasteiger partial charge in [-0.05, 0) is 31.4 Å². The molecule has 4 nitrogen and oxygen atoms in total. The summed E-state index contributed by atoms with van der Waals surface area (Å²) in [6, 6.07) is 8.60. The van der Waals surface area contributed by atoms with Crippen molar-refractivity contribution in [1.29, 1.82) is 0 Å². The lowest BCUT2D eigenvalue weighted by molar-refractivity contribution is -0.122. The van der Waals surface area contributed by atoms with E-state index in [9.17, 15) is 4.79 Å². The van der Waals surface area contributed by atoms with Gasteiger partial charge in [0.2, 0.25) is 5.91 Å². The molecule has 110 valence electrons. The zero-order valence-electron chi connectivity index (χ0n) is 12.3. The Kier molecular flexibility index (Phi) is 5.56. The number of morpholine rings is 1. The maximum atomic E-state index is 12.0. The van der Waals surface area contributed by atoms with Gasteiger partial charge in [0.15, 0.2) is 0 Å². The van der Waals surface area contributed by atoms with Crippen LogP contribution < -0.4 is 10.6 Å². The molecule has 0 spiro atoms. The second kappa shape index (κ2) is 7.41. The van der Waals surface area contributed by atoms with Gasteiger partial charge in [0.1, 0.15) is 0 Å². The molecular formula is C16H24N2O2. The molecule has 1 aliphatic rings. The maximum absolute atomic E-state index is 12.0. The van der Waals surface area contributed by atoms with E-state index in [1.807, 2.05) is 12.1 Å². The Balaban J connectivity index is 1.77. The molecule has 1 fully saturated rings. The first-order valence-corrected chi connectivity index (χ1v) is 7.30. The van der Waals surface area contributed by atoms with E-state index in [2.05, 4.69) is 36.6 Å². The number of nitrogens with one attached hydrogen (secondary N) is 2. The number of ether oxygens (including phenoxy) is 1. The first kappa shape index (κ1) is 15.0. The molecule has 1 heterocycles. The van der Waals surface area contributed by atoms with Crippen LogP contribution in [0.4, 0.5) is 0 Å². The van der Waals surface area contributed by atoms with Crippen molar-refractivity contribution in [2.45, 2.75) is 38.8 Å². The predicted molar refractivity (Wildman–Crippen MR) is 79.7 cm³/mol. The minimum absolute atomic E-state index is 0.0917. The summed E-state index contributed by atoms with van der Waals surface area (Å²) in [7, 11) is 0. The Morgan fingerprint density at radius 1 is 1.50 bits per heavy atom. The molecule has 0 radical (unpaired) electrons. The number of amides is 1. The summed E-state index contributed by atoms with van der Waals surface area (Å²) in [6.45, 7) is 6.35. The lowest BCUT2D eigenvalue weighted by Crippen LogP contribution is -2.45. The lowest BCUT2D eigenvalue weighted by atomic mass is 10.0. The summed E-state index contributed by atoms with van der Waals surface area (Å²) >= 11 is 0. The van der Waals surface area contributed by atoms with Gasteiger partial charge in [-0.25, -0.2) is 0 Å². The van der Waals surface area contributed by atoms with Crippen molar-refractivity contribution < 1.29 is 9.53 Å². The van der Waals surface area contributed by atoms with E-state index in [4.69, 9.17) is 4.74 Å². The SMILES string of the molecule is Cc1ccccc1CC(C)NC(=O)CC1COCCN1. The molecule has 0 aromatic heterocycles. The molecule has 0 bridgehead atoms. The van der Waals surface area contributed by atoms with E-state index in [0.29, 0.717) is 13.0 Å². The summed E-state index contributed by atoms with van der Waals surface area (Å²) in [5, 5.41) is 6.36. The molecule has 1 aromatic carbocycles. The quantitative estimate of drug-likeness (QED) is 0.855. The average Bonchev–Trinajstić information content (AvgIpc) is 2.42. The Morgan fingerprint density at radius 2 is 2.30 bits per heavy atom.